The fraction of sp³-hybridized carbons (Fsp3) is 0.190. The van der Waals surface area contributed by atoms with Crippen LogP contribution in [0.25, 0.3) is 10.9 Å². The van der Waals surface area contributed by atoms with E-state index in [1.54, 1.807) is 18.2 Å². The number of hydrogen-bond acceptors (Lipinski definition) is 1. The molecule has 126 valence electrons. The first kappa shape index (κ1) is 15.6. The van der Waals surface area contributed by atoms with E-state index in [1.807, 2.05) is 23.1 Å². The summed E-state index contributed by atoms with van der Waals surface area (Å²) in [7, 11) is 0. The zero-order valence-electron chi connectivity index (χ0n) is 13.8. The maximum absolute atomic E-state index is 13.4. The molecule has 0 saturated heterocycles. The molecule has 3 nitrogen and oxygen atoms in total. The molecule has 0 aliphatic carbocycles. The van der Waals surface area contributed by atoms with E-state index in [0.29, 0.717) is 13.0 Å². The van der Waals surface area contributed by atoms with Crippen molar-refractivity contribution in [2.24, 2.45) is 0 Å². The number of nitrogens with zero attached hydrogens (tertiary/aromatic N) is 1. The second-order valence-electron chi connectivity index (χ2n) is 6.35. The van der Waals surface area contributed by atoms with Crippen LogP contribution in [-0.2, 0) is 11.2 Å². The van der Waals surface area contributed by atoms with E-state index in [-0.39, 0.29) is 17.8 Å². The van der Waals surface area contributed by atoms with E-state index in [2.05, 4.69) is 17.6 Å². The van der Waals surface area contributed by atoms with Crippen molar-refractivity contribution in [1.29, 1.82) is 0 Å². The van der Waals surface area contributed by atoms with Crippen LogP contribution in [0, 0.1) is 5.82 Å². The number of para-hydroxylation sites is 1. The second kappa shape index (κ2) is 6.20. The smallest absolute Gasteiger partial charge is 0.227 e. The van der Waals surface area contributed by atoms with E-state index in [1.165, 1.54) is 23.1 Å². The van der Waals surface area contributed by atoms with Crippen molar-refractivity contribution >= 4 is 16.8 Å². The van der Waals surface area contributed by atoms with Crippen molar-refractivity contribution in [2.45, 2.75) is 18.9 Å². The molecule has 1 aromatic heterocycles. The Kier molecular flexibility index (Phi) is 3.88. The summed E-state index contributed by atoms with van der Waals surface area (Å²) in [4.78, 5) is 18.0. The molecule has 1 unspecified atom stereocenters. The van der Waals surface area contributed by atoms with Crippen molar-refractivity contribution < 1.29 is 9.18 Å². The number of rotatable bonds is 3. The third-order valence-electron chi connectivity index (χ3n) is 4.86. The van der Waals surface area contributed by atoms with Gasteiger partial charge in [0.1, 0.15) is 5.82 Å². The van der Waals surface area contributed by atoms with Gasteiger partial charge in [0.2, 0.25) is 5.91 Å². The lowest BCUT2D eigenvalue weighted by Gasteiger charge is -2.36. The van der Waals surface area contributed by atoms with Crippen LogP contribution in [0.4, 0.5) is 4.39 Å². The molecular formula is C21H19FN2O. The van der Waals surface area contributed by atoms with Crippen LogP contribution < -0.4 is 0 Å². The highest BCUT2D eigenvalue weighted by atomic mass is 19.1. The fourth-order valence-corrected chi connectivity index (χ4v) is 3.74. The number of carbonyl (C=O) groups is 1. The summed E-state index contributed by atoms with van der Waals surface area (Å²) in [6.45, 7) is 4.32. The Hall–Kier alpha value is -2.88. The lowest BCUT2D eigenvalue weighted by Crippen LogP contribution is -2.40. The van der Waals surface area contributed by atoms with Crippen LogP contribution >= 0.6 is 0 Å². The molecule has 3 aromatic rings. The average molecular weight is 334 g/mol. The minimum Gasteiger partial charge on any atom is -0.356 e. The molecule has 1 amide bonds. The SMILES string of the molecule is C=CCC(=O)N1CCc2c([nH]c3ccccc23)C1c1ccc(F)cc1. The molecule has 2 aromatic carbocycles. The topological polar surface area (TPSA) is 36.1 Å². The highest BCUT2D eigenvalue weighted by molar-refractivity contribution is 5.86. The molecule has 1 N–H and O–H groups in total. The number of benzene rings is 2. The fourth-order valence-electron chi connectivity index (χ4n) is 3.74. The molecule has 1 aliphatic heterocycles. The Morgan fingerprint density at radius 1 is 1.24 bits per heavy atom. The predicted molar refractivity (Wildman–Crippen MR) is 96.8 cm³/mol. The first-order valence-corrected chi connectivity index (χ1v) is 8.44. The maximum atomic E-state index is 13.4. The zero-order valence-corrected chi connectivity index (χ0v) is 13.8. The molecule has 0 bridgehead atoms. The van der Waals surface area contributed by atoms with E-state index in [0.717, 1.165) is 23.2 Å². The summed E-state index contributed by atoms with van der Waals surface area (Å²) in [5.74, 6) is -0.242. The first-order chi connectivity index (χ1) is 12.2. The summed E-state index contributed by atoms with van der Waals surface area (Å²) in [6, 6.07) is 14.4. The highest BCUT2D eigenvalue weighted by Gasteiger charge is 2.33. The van der Waals surface area contributed by atoms with Gasteiger partial charge >= 0.3 is 0 Å². The van der Waals surface area contributed by atoms with Gasteiger partial charge in [-0.05, 0) is 35.7 Å². The maximum Gasteiger partial charge on any atom is 0.227 e. The lowest BCUT2D eigenvalue weighted by atomic mass is 9.92. The van der Waals surface area contributed by atoms with E-state index >= 15 is 0 Å². The Balaban J connectivity index is 1.88. The largest absolute Gasteiger partial charge is 0.356 e. The summed E-state index contributed by atoms with van der Waals surface area (Å²) in [6.07, 6.45) is 2.73. The molecule has 1 atom stereocenters. The highest BCUT2D eigenvalue weighted by Crippen LogP contribution is 2.38. The molecular weight excluding hydrogens is 315 g/mol. The van der Waals surface area contributed by atoms with E-state index in [9.17, 15) is 9.18 Å². The van der Waals surface area contributed by atoms with Crippen LogP contribution in [0.15, 0.2) is 61.2 Å². The van der Waals surface area contributed by atoms with Crippen molar-refractivity contribution in [3.63, 3.8) is 0 Å². The minimum absolute atomic E-state index is 0.0358. The van der Waals surface area contributed by atoms with Crippen molar-refractivity contribution in [3.05, 3.63) is 83.8 Å². The number of aromatic amines is 1. The monoisotopic (exact) mass is 334 g/mol. The Morgan fingerprint density at radius 3 is 2.76 bits per heavy atom. The number of H-pyrrole nitrogens is 1. The normalized spacial score (nSPS) is 16.7. The molecule has 0 saturated carbocycles. The van der Waals surface area contributed by atoms with Crippen LogP contribution in [0.1, 0.15) is 29.3 Å². The number of halogens is 1. The van der Waals surface area contributed by atoms with Crippen LogP contribution in [0.5, 0.6) is 0 Å². The average Bonchev–Trinajstić information content (AvgIpc) is 3.00. The standard InChI is InChI=1S/C21H19FN2O/c1-2-5-19(25)24-13-12-17-16-6-3-4-7-18(16)23-20(17)21(24)14-8-10-15(22)11-9-14/h2-4,6-11,21,23H,1,5,12-13H2. The summed E-state index contributed by atoms with van der Waals surface area (Å²) in [5, 5.41) is 1.19. The Bertz CT molecular complexity index is 942. The lowest BCUT2D eigenvalue weighted by molar-refractivity contribution is -0.132. The molecule has 0 fully saturated rings. The third kappa shape index (κ3) is 2.64. The molecule has 1 aliphatic rings. The molecule has 4 heteroatoms. The summed E-state index contributed by atoms with van der Waals surface area (Å²) >= 11 is 0. The molecule has 4 rings (SSSR count). The summed E-state index contributed by atoms with van der Waals surface area (Å²) < 4.78 is 13.4. The van der Waals surface area contributed by atoms with Gasteiger partial charge in [0.05, 0.1) is 6.04 Å². The number of aromatic nitrogens is 1. The second-order valence-corrected chi connectivity index (χ2v) is 6.35. The van der Waals surface area contributed by atoms with E-state index < -0.39 is 0 Å². The van der Waals surface area contributed by atoms with Crippen LogP contribution in [-0.4, -0.2) is 22.3 Å². The Morgan fingerprint density at radius 2 is 2.00 bits per heavy atom. The van der Waals surface area contributed by atoms with Crippen molar-refractivity contribution in [1.82, 2.24) is 9.88 Å². The number of fused-ring (bicyclic) bond motifs is 3. The zero-order chi connectivity index (χ0) is 17.4. The van der Waals surface area contributed by atoms with Gasteiger partial charge in [0.25, 0.3) is 0 Å². The first-order valence-electron chi connectivity index (χ1n) is 8.44. The molecule has 25 heavy (non-hydrogen) atoms. The number of carbonyl (C=O) groups excluding carboxylic acids is 1. The van der Waals surface area contributed by atoms with Gasteiger partial charge < -0.3 is 9.88 Å². The van der Waals surface area contributed by atoms with Crippen LogP contribution in [0.3, 0.4) is 0 Å². The van der Waals surface area contributed by atoms with E-state index in [4.69, 9.17) is 0 Å². The van der Waals surface area contributed by atoms with Gasteiger partial charge in [-0.25, -0.2) is 4.39 Å². The van der Waals surface area contributed by atoms with Gasteiger partial charge in [0.15, 0.2) is 0 Å². The quantitative estimate of drug-likeness (QED) is 0.710. The predicted octanol–water partition coefficient (Wildman–Crippen LogP) is 4.36. The number of nitrogens with one attached hydrogen (secondary N) is 1. The van der Waals surface area contributed by atoms with Crippen molar-refractivity contribution in [2.75, 3.05) is 6.54 Å². The number of amides is 1. The molecule has 2 heterocycles. The van der Waals surface area contributed by atoms with Gasteiger partial charge in [-0.3, -0.25) is 4.79 Å². The van der Waals surface area contributed by atoms with Gasteiger partial charge in [0, 0.05) is 29.6 Å². The van der Waals surface area contributed by atoms with Gasteiger partial charge in [-0.2, -0.15) is 0 Å². The molecule has 0 spiro atoms. The molecule has 0 radical (unpaired) electrons. The summed E-state index contributed by atoms with van der Waals surface area (Å²) in [5.41, 5.74) is 4.24. The number of hydrogen-bond donors (Lipinski definition) is 1. The van der Waals surface area contributed by atoms with Crippen LogP contribution in [0.2, 0.25) is 0 Å². The van der Waals surface area contributed by atoms with Gasteiger partial charge in [-0.15, -0.1) is 6.58 Å². The third-order valence-corrected chi connectivity index (χ3v) is 4.86. The van der Waals surface area contributed by atoms with Crippen molar-refractivity contribution in [3.8, 4) is 0 Å². The Labute approximate surface area is 145 Å². The van der Waals surface area contributed by atoms with Gasteiger partial charge in [-0.1, -0.05) is 36.4 Å². The minimum atomic E-state index is -0.277.